The molecule has 4 aromatic rings. The Hall–Kier alpha value is -3.60. The largest absolute Gasteiger partial charge is 0.493 e. The second-order valence-electron chi connectivity index (χ2n) is 6.39. The summed E-state index contributed by atoms with van der Waals surface area (Å²) in [6, 6.07) is 21.2. The summed E-state index contributed by atoms with van der Waals surface area (Å²) in [5.41, 5.74) is 3.99. The molecule has 4 rings (SSSR count). The van der Waals surface area contributed by atoms with Gasteiger partial charge in [0.05, 0.1) is 12.8 Å². The molecule has 0 spiro atoms. The number of carbonyl (C=O) groups excluding carboxylic acids is 1. The van der Waals surface area contributed by atoms with E-state index in [1.165, 1.54) is 0 Å². The second-order valence-corrected chi connectivity index (χ2v) is 6.39. The molecule has 1 aromatic heterocycles. The minimum Gasteiger partial charge on any atom is -0.493 e. The number of hydrogen-bond acceptors (Lipinski definition) is 4. The average Bonchev–Trinajstić information content (AvgIpc) is 3.18. The molecule has 140 valence electrons. The minimum atomic E-state index is -0.400. The first-order valence-corrected chi connectivity index (χ1v) is 9.23. The summed E-state index contributed by atoms with van der Waals surface area (Å²) < 4.78 is 11.4. The number of nitrogens with one attached hydrogen (secondary N) is 1. The van der Waals surface area contributed by atoms with Crippen molar-refractivity contribution in [3.63, 3.8) is 0 Å². The summed E-state index contributed by atoms with van der Waals surface area (Å²) in [5.74, 6) is 0.556. The fourth-order valence-corrected chi connectivity index (χ4v) is 3.05. The standard InChI is InChI=1S/C23H20N2O3/c1-2-13-27-20-10-6-4-8-17(20)15-24-25-23(26)22-14-19-18-9-5-3-7-16(18)11-12-21(19)28-22/h3-12,14-15H,2,13H2,1H3,(H,25,26)/b24-15-. The van der Waals surface area contributed by atoms with Crippen molar-refractivity contribution in [3.8, 4) is 5.75 Å². The van der Waals surface area contributed by atoms with Crippen molar-refractivity contribution in [1.82, 2.24) is 5.43 Å². The van der Waals surface area contributed by atoms with Crippen LogP contribution in [0.4, 0.5) is 0 Å². The van der Waals surface area contributed by atoms with Gasteiger partial charge in [0, 0.05) is 10.9 Å². The van der Waals surface area contributed by atoms with E-state index in [1.54, 1.807) is 12.3 Å². The van der Waals surface area contributed by atoms with E-state index in [4.69, 9.17) is 9.15 Å². The molecule has 0 saturated carbocycles. The van der Waals surface area contributed by atoms with Gasteiger partial charge in [-0.1, -0.05) is 49.4 Å². The highest BCUT2D eigenvalue weighted by atomic mass is 16.5. The SMILES string of the molecule is CCCOc1ccccc1/C=N\NC(=O)c1cc2c(ccc3ccccc32)o1. The van der Waals surface area contributed by atoms with Gasteiger partial charge in [0.15, 0.2) is 5.76 Å². The lowest BCUT2D eigenvalue weighted by molar-refractivity contribution is 0.0929. The summed E-state index contributed by atoms with van der Waals surface area (Å²) in [6.45, 7) is 2.68. The van der Waals surface area contributed by atoms with E-state index < -0.39 is 5.91 Å². The highest BCUT2D eigenvalue weighted by molar-refractivity contribution is 6.08. The van der Waals surface area contributed by atoms with Crippen LogP contribution in [0.2, 0.25) is 0 Å². The number of para-hydroxylation sites is 1. The molecule has 0 atom stereocenters. The van der Waals surface area contributed by atoms with Crippen LogP contribution in [0.25, 0.3) is 21.7 Å². The van der Waals surface area contributed by atoms with Crippen LogP contribution >= 0.6 is 0 Å². The predicted octanol–water partition coefficient (Wildman–Crippen LogP) is 5.14. The third kappa shape index (κ3) is 3.60. The van der Waals surface area contributed by atoms with E-state index in [-0.39, 0.29) is 5.76 Å². The number of nitrogens with zero attached hydrogens (tertiary/aromatic N) is 1. The zero-order chi connectivity index (χ0) is 19.3. The molecule has 28 heavy (non-hydrogen) atoms. The van der Waals surface area contributed by atoms with Crippen LogP contribution in [0, 0.1) is 0 Å². The molecule has 0 radical (unpaired) electrons. The molecule has 0 bridgehead atoms. The van der Waals surface area contributed by atoms with Crippen molar-refractivity contribution in [2.45, 2.75) is 13.3 Å². The Balaban J connectivity index is 1.53. The van der Waals surface area contributed by atoms with Gasteiger partial charge in [-0.3, -0.25) is 4.79 Å². The van der Waals surface area contributed by atoms with Crippen molar-refractivity contribution in [2.24, 2.45) is 5.10 Å². The van der Waals surface area contributed by atoms with Gasteiger partial charge < -0.3 is 9.15 Å². The maximum Gasteiger partial charge on any atom is 0.307 e. The van der Waals surface area contributed by atoms with Crippen molar-refractivity contribution in [3.05, 3.63) is 78.1 Å². The number of benzene rings is 3. The summed E-state index contributed by atoms with van der Waals surface area (Å²) in [6.07, 6.45) is 2.49. The maximum absolute atomic E-state index is 12.4. The maximum atomic E-state index is 12.4. The number of amides is 1. The van der Waals surface area contributed by atoms with Crippen LogP contribution in [0.3, 0.4) is 0 Å². The lowest BCUT2D eigenvalue weighted by atomic mass is 10.1. The number of fused-ring (bicyclic) bond motifs is 3. The fourth-order valence-electron chi connectivity index (χ4n) is 3.05. The fraction of sp³-hybridized carbons (Fsp3) is 0.130. The molecule has 1 N–H and O–H groups in total. The lowest BCUT2D eigenvalue weighted by Crippen LogP contribution is -2.16. The predicted molar refractivity (Wildman–Crippen MR) is 111 cm³/mol. The van der Waals surface area contributed by atoms with Gasteiger partial charge in [-0.15, -0.1) is 0 Å². The summed E-state index contributed by atoms with van der Waals surface area (Å²) in [5, 5.41) is 7.11. The van der Waals surface area contributed by atoms with Gasteiger partial charge >= 0.3 is 5.91 Å². The topological polar surface area (TPSA) is 63.8 Å². The molecule has 5 heteroatoms. The number of hydrazone groups is 1. The van der Waals surface area contributed by atoms with E-state index in [1.807, 2.05) is 67.6 Å². The van der Waals surface area contributed by atoms with Gasteiger partial charge in [0.2, 0.25) is 0 Å². The van der Waals surface area contributed by atoms with Crippen LogP contribution in [0.5, 0.6) is 5.75 Å². The van der Waals surface area contributed by atoms with Crippen LogP contribution in [0.1, 0.15) is 29.5 Å². The van der Waals surface area contributed by atoms with E-state index >= 15 is 0 Å². The number of rotatable bonds is 6. The normalized spacial score (nSPS) is 11.3. The lowest BCUT2D eigenvalue weighted by Gasteiger charge is -2.07. The van der Waals surface area contributed by atoms with E-state index in [0.29, 0.717) is 12.2 Å². The first kappa shape index (κ1) is 17.8. The molecule has 1 amide bonds. The average molecular weight is 372 g/mol. The molecule has 0 aliphatic carbocycles. The molecule has 0 aliphatic heterocycles. The smallest absolute Gasteiger partial charge is 0.307 e. The van der Waals surface area contributed by atoms with E-state index in [0.717, 1.165) is 33.9 Å². The Morgan fingerprint density at radius 3 is 2.79 bits per heavy atom. The first-order chi connectivity index (χ1) is 13.8. The van der Waals surface area contributed by atoms with Crippen molar-refractivity contribution in [2.75, 3.05) is 6.61 Å². The molecular weight excluding hydrogens is 352 g/mol. The highest BCUT2D eigenvalue weighted by Crippen LogP contribution is 2.28. The Morgan fingerprint density at radius 2 is 1.89 bits per heavy atom. The minimum absolute atomic E-state index is 0.221. The number of ether oxygens (including phenoxy) is 1. The Bertz CT molecular complexity index is 1160. The number of hydrogen-bond donors (Lipinski definition) is 1. The number of carbonyl (C=O) groups is 1. The van der Waals surface area contributed by atoms with Crippen LogP contribution in [-0.2, 0) is 0 Å². The molecule has 0 fully saturated rings. The van der Waals surface area contributed by atoms with Gasteiger partial charge in [-0.25, -0.2) is 5.43 Å². The monoisotopic (exact) mass is 372 g/mol. The first-order valence-electron chi connectivity index (χ1n) is 9.23. The zero-order valence-electron chi connectivity index (χ0n) is 15.5. The molecular formula is C23H20N2O3. The molecule has 1 heterocycles. The van der Waals surface area contributed by atoms with Crippen molar-refractivity contribution in [1.29, 1.82) is 0 Å². The zero-order valence-corrected chi connectivity index (χ0v) is 15.5. The van der Waals surface area contributed by atoms with Gasteiger partial charge in [0.1, 0.15) is 11.3 Å². The molecule has 5 nitrogen and oxygen atoms in total. The Kier molecular flexibility index (Phi) is 5.06. The van der Waals surface area contributed by atoms with Crippen molar-refractivity contribution < 1.29 is 13.9 Å². The van der Waals surface area contributed by atoms with Crippen LogP contribution < -0.4 is 10.2 Å². The third-order valence-electron chi connectivity index (χ3n) is 4.40. The van der Waals surface area contributed by atoms with E-state index in [9.17, 15) is 4.79 Å². The van der Waals surface area contributed by atoms with Crippen molar-refractivity contribution >= 4 is 33.9 Å². The second kappa shape index (κ2) is 7.96. The summed E-state index contributed by atoms with van der Waals surface area (Å²) in [7, 11) is 0. The molecule has 3 aromatic carbocycles. The Labute approximate surface area is 162 Å². The molecule has 0 aliphatic rings. The highest BCUT2D eigenvalue weighted by Gasteiger charge is 2.13. The number of furan rings is 1. The van der Waals surface area contributed by atoms with Gasteiger partial charge in [0.25, 0.3) is 0 Å². The van der Waals surface area contributed by atoms with Gasteiger partial charge in [-0.05, 0) is 41.5 Å². The van der Waals surface area contributed by atoms with E-state index in [2.05, 4.69) is 10.5 Å². The molecule has 0 unspecified atom stereocenters. The quantitative estimate of drug-likeness (QED) is 0.376. The Morgan fingerprint density at radius 1 is 1.07 bits per heavy atom. The summed E-state index contributed by atoms with van der Waals surface area (Å²) in [4.78, 5) is 12.4. The van der Waals surface area contributed by atoms with Gasteiger partial charge in [-0.2, -0.15) is 5.10 Å². The van der Waals surface area contributed by atoms with Crippen LogP contribution in [-0.4, -0.2) is 18.7 Å². The molecule has 0 saturated heterocycles. The summed E-state index contributed by atoms with van der Waals surface area (Å²) >= 11 is 0. The van der Waals surface area contributed by atoms with Crippen LogP contribution in [0.15, 0.2) is 76.2 Å². The third-order valence-corrected chi connectivity index (χ3v) is 4.40.